The van der Waals surface area contributed by atoms with Gasteiger partial charge in [0.2, 0.25) is 0 Å². The van der Waals surface area contributed by atoms with Crippen LogP contribution in [0, 0.1) is 11.8 Å². The molecule has 0 radical (unpaired) electrons. The third kappa shape index (κ3) is 3.10. The summed E-state index contributed by atoms with van der Waals surface area (Å²) in [5.41, 5.74) is 6.76. The molecule has 1 amide bonds. The van der Waals surface area contributed by atoms with Crippen LogP contribution >= 0.6 is 0 Å². The van der Waals surface area contributed by atoms with Crippen LogP contribution in [0.15, 0.2) is 12.1 Å². The number of aromatic nitrogens is 2. The lowest BCUT2D eigenvalue weighted by molar-refractivity contribution is 0.0924. The van der Waals surface area contributed by atoms with Crippen LogP contribution in [-0.2, 0) is 29.4 Å². The first-order valence-corrected chi connectivity index (χ1v) is 11.7. The summed E-state index contributed by atoms with van der Waals surface area (Å²) >= 11 is 0. The number of aromatic hydroxyl groups is 1. The highest BCUT2D eigenvalue weighted by Gasteiger charge is 2.54. The van der Waals surface area contributed by atoms with E-state index < -0.39 is 0 Å². The zero-order valence-corrected chi connectivity index (χ0v) is 18.8. The predicted octanol–water partition coefficient (Wildman–Crippen LogP) is 3.62. The van der Waals surface area contributed by atoms with Gasteiger partial charge in [-0.15, -0.1) is 0 Å². The number of aromatic amines is 1. The van der Waals surface area contributed by atoms with Gasteiger partial charge in [-0.05, 0) is 79.0 Å². The number of phenolic OH excluding ortho intramolecular Hbond substituents is 1. The summed E-state index contributed by atoms with van der Waals surface area (Å²) < 4.78 is 5.05. The number of benzene rings is 1. The summed E-state index contributed by atoms with van der Waals surface area (Å²) in [6.07, 6.45) is 6.19. The maximum absolute atomic E-state index is 12.7. The Kier molecular flexibility index (Phi) is 5.08. The first-order chi connectivity index (χ1) is 15.0. The Morgan fingerprint density at radius 2 is 2.23 bits per heavy atom. The highest BCUT2D eigenvalue weighted by molar-refractivity contribution is 5.94. The Labute approximate surface area is 183 Å². The highest BCUT2D eigenvalue weighted by atomic mass is 16.5. The van der Waals surface area contributed by atoms with Crippen LogP contribution in [0.5, 0.6) is 5.75 Å². The molecule has 1 fully saturated rings. The number of nitrogens with zero attached hydrogens (tertiary/aromatic N) is 1. The van der Waals surface area contributed by atoms with Gasteiger partial charge in [0.1, 0.15) is 5.75 Å². The normalized spacial score (nSPS) is 28.4. The molecule has 3 aliphatic rings. The van der Waals surface area contributed by atoms with Crippen LogP contribution in [-0.4, -0.2) is 41.5 Å². The lowest BCUT2D eigenvalue weighted by Crippen LogP contribution is -2.43. The zero-order chi connectivity index (χ0) is 21.8. The summed E-state index contributed by atoms with van der Waals surface area (Å²) in [6.45, 7) is 5.46. The third-order valence-electron chi connectivity index (χ3n) is 8.36. The lowest BCUT2D eigenvalue weighted by Gasteiger charge is -2.49. The van der Waals surface area contributed by atoms with E-state index in [-0.39, 0.29) is 11.3 Å². The summed E-state index contributed by atoms with van der Waals surface area (Å²) in [4.78, 5) is 12.7. The number of fused-ring (bicyclic) bond motifs is 7. The van der Waals surface area contributed by atoms with Gasteiger partial charge in [-0.3, -0.25) is 9.89 Å². The molecule has 0 saturated heterocycles. The summed E-state index contributed by atoms with van der Waals surface area (Å²) in [6, 6.07) is 4.29. The van der Waals surface area contributed by atoms with Gasteiger partial charge in [0.15, 0.2) is 5.69 Å². The molecule has 4 unspecified atom stereocenters. The van der Waals surface area contributed by atoms with Gasteiger partial charge in [0.05, 0.1) is 6.61 Å². The van der Waals surface area contributed by atoms with E-state index in [9.17, 15) is 9.90 Å². The molecule has 4 atom stereocenters. The van der Waals surface area contributed by atoms with Gasteiger partial charge < -0.3 is 15.2 Å². The van der Waals surface area contributed by atoms with Gasteiger partial charge in [-0.25, -0.2) is 0 Å². The van der Waals surface area contributed by atoms with Crippen molar-refractivity contribution in [2.24, 2.45) is 11.8 Å². The number of H-pyrrole nitrogens is 1. The SMILES string of the molecule is CCc1cc2c(cc1O)CCC1C2CCC2(C)c3[nH]nc(C(=O)NCCOC)c3CC12. The number of amides is 1. The van der Waals surface area contributed by atoms with Crippen molar-refractivity contribution in [3.8, 4) is 5.75 Å². The van der Waals surface area contributed by atoms with E-state index in [0.717, 1.165) is 49.7 Å². The van der Waals surface area contributed by atoms with Crippen LogP contribution in [0.4, 0.5) is 0 Å². The van der Waals surface area contributed by atoms with E-state index in [0.29, 0.717) is 42.3 Å². The van der Waals surface area contributed by atoms with Crippen LogP contribution in [0.3, 0.4) is 0 Å². The molecule has 0 spiro atoms. The van der Waals surface area contributed by atoms with Crippen LogP contribution in [0.2, 0.25) is 0 Å². The molecule has 1 saturated carbocycles. The molecule has 0 bridgehead atoms. The van der Waals surface area contributed by atoms with Crippen molar-refractivity contribution in [1.82, 2.24) is 15.5 Å². The first-order valence-electron chi connectivity index (χ1n) is 11.7. The van der Waals surface area contributed by atoms with Crippen molar-refractivity contribution >= 4 is 5.91 Å². The summed E-state index contributed by atoms with van der Waals surface area (Å²) in [5.74, 6) is 2.01. The number of ether oxygens (including phenoxy) is 1. The van der Waals surface area contributed by atoms with Crippen LogP contribution < -0.4 is 5.32 Å². The Morgan fingerprint density at radius 3 is 3.00 bits per heavy atom. The molecular formula is C25H33N3O3. The molecule has 6 heteroatoms. The van der Waals surface area contributed by atoms with Gasteiger partial charge in [0.25, 0.3) is 5.91 Å². The van der Waals surface area contributed by atoms with E-state index in [1.807, 2.05) is 6.07 Å². The monoisotopic (exact) mass is 423 g/mol. The van der Waals surface area contributed by atoms with Gasteiger partial charge >= 0.3 is 0 Å². The number of carbonyl (C=O) groups excluding carboxylic acids is 1. The average molecular weight is 424 g/mol. The number of phenols is 1. The van der Waals surface area contributed by atoms with Gasteiger partial charge in [0, 0.05) is 30.3 Å². The van der Waals surface area contributed by atoms with E-state index >= 15 is 0 Å². The van der Waals surface area contributed by atoms with E-state index in [2.05, 4.69) is 35.4 Å². The number of rotatable bonds is 5. The minimum atomic E-state index is -0.106. The average Bonchev–Trinajstić information content (AvgIpc) is 3.31. The van der Waals surface area contributed by atoms with Crippen molar-refractivity contribution in [2.45, 2.75) is 63.7 Å². The topological polar surface area (TPSA) is 87.2 Å². The van der Waals surface area contributed by atoms with E-state index in [1.165, 1.54) is 16.8 Å². The molecule has 6 nitrogen and oxygen atoms in total. The molecule has 166 valence electrons. The zero-order valence-electron chi connectivity index (χ0n) is 18.8. The molecule has 1 aromatic heterocycles. The Balaban J connectivity index is 1.44. The Bertz CT molecular complexity index is 1010. The molecule has 3 aliphatic carbocycles. The minimum absolute atomic E-state index is 0.0522. The molecule has 31 heavy (non-hydrogen) atoms. The standard InChI is InChI=1S/C25H33N3O3/c1-4-14-11-18-15(12-21(14)29)5-6-17-16(18)7-8-25(2)20(17)13-19-22(27-28-23(19)25)24(30)26-9-10-31-3/h11-12,16-17,20,29H,4-10,13H2,1-3H3,(H,26,30)(H,27,28). The first kappa shape index (κ1) is 20.6. The van der Waals surface area contributed by atoms with Crippen molar-refractivity contribution < 1.29 is 14.6 Å². The van der Waals surface area contributed by atoms with Crippen molar-refractivity contribution in [3.05, 3.63) is 45.8 Å². The lowest BCUT2D eigenvalue weighted by atomic mass is 9.55. The fraction of sp³-hybridized carbons (Fsp3) is 0.600. The smallest absolute Gasteiger partial charge is 0.272 e. The number of methoxy groups -OCH3 is 1. The largest absolute Gasteiger partial charge is 0.508 e. The summed E-state index contributed by atoms with van der Waals surface area (Å²) in [5, 5.41) is 21.0. The second-order valence-corrected chi connectivity index (χ2v) is 9.78. The quantitative estimate of drug-likeness (QED) is 0.641. The summed E-state index contributed by atoms with van der Waals surface area (Å²) in [7, 11) is 1.63. The number of nitrogens with one attached hydrogen (secondary N) is 2. The van der Waals surface area contributed by atoms with Crippen LogP contribution in [0.25, 0.3) is 0 Å². The number of hydrogen-bond acceptors (Lipinski definition) is 4. The van der Waals surface area contributed by atoms with E-state index in [4.69, 9.17) is 4.74 Å². The second-order valence-electron chi connectivity index (χ2n) is 9.78. The molecule has 1 heterocycles. The maximum Gasteiger partial charge on any atom is 0.272 e. The minimum Gasteiger partial charge on any atom is -0.508 e. The maximum atomic E-state index is 12.7. The molecule has 1 aromatic carbocycles. The fourth-order valence-electron chi connectivity index (χ4n) is 6.74. The number of aryl methyl sites for hydroxylation is 2. The predicted molar refractivity (Wildman–Crippen MR) is 119 cm³/mol. The Morgan fingerprint density at radius 1 is 1.39 bits per heavy atom. The van der Waals surface area contributed by atoms with Crippen LogP contribution in [0.1, 0.15) is 77.5 Å². The molecule has 2 aromatic rings. The number of hydrogen-bond donors (Lipinski definition) is 3. The van der Waals surface area contributed by atoms with Gasteiger partial charge in [-0.2, -0.15) is 5.10 Å². The van der Waals surface area contributed by atoms with Crippen molar-refractivity contribution in [2.75, 3.05) is 20.3 Å². The second kappa shape index (κ2) is 7.66. The molecule has 3 N–H and O–H groups in total. The van der Waals surface area contributed by atoms with Crippen molar-refractivity contribution in [3.63, 3.8) is 0 Å². The van der Waals surface area contributed by atoms with Crippen molar-refractivity contribution in [1.29, 1.82) is 0 Å². The third-order valence-corrected chi connectivity index (χ3v) is 8.36. The van der Waals surface area contributed by atoms with Gasteiger partial charge in [-0.1, -0.05) is 19.9 Å². The fourth-order valence-corrected chi connectivity index (χ4v) is 6.74. The molecule has 5 rings (SSSR count). The number of carbonyl (C=O) groups is 1. The molecular weight excluding hydrogens is 390 g/mol. The Hall–Kier alpha value is -2.34. The highest BCUT2D eigenvalue weighted by Crippen LogP contribution is 2.60. The van der Waals surface area contributed by atoms with E-state index in [1.54, 1.807) is 7.11 Å². The molecule has 0 aliphatic heterocycles.